The number of carbonyl (C=O) groups is 1. The number of rotatable bonds is 7. The summed E-state index contributed by atoms with van der Waals surface area (Å²) >= 11 is 1.59. The Balaban J connectivity index is 2.46. The number of aromatic carboxylic acids is 1. The van der Waals surface area contributed by atoms with Gasteiger partial charge in [-0.3, -0.25) is 0 Å². The normalized spacial score (nSPS) is 14.5. The minimum Gasteiger partial charge on any atom is -0.478 e. The van der Waals surface area contributed by atoms with Gasteiger partial charge >= 0.3 is 5.97 Å². The van der Waals surface area contributed by atoms with Crippen LogP contribution in [0.15, 0.2) is 16.7 Å². The first-order valence-corrected chi connectivity index (χ1v) is 6.55. The standard InChI is InChI=1S/C11H17NO4S/c1-7(10(5-13)17-2)12-4-9-3-8(6-16-9)11(14)15/h3,6-7,10,12-13H,4-5H2,1-2H3,(H,14,15). The van der Waals surface area contributed by atoms with Crippen LogP contribution >= 0.6 is 11.8 Å². The van der Waals surface area contributed by atoms with E-state index in [1.807, 2.05) is 13.2 Å². The van der Waals surface area contributed by atoms with E-state index in [-0.39, 0.29) is 23.5 Å². The van der Waals surface area contributed by atoms with Crippen LogP contribution in [0.1, 0.15) is 23.0 Å². The van der Waals surface area contributed by atoms with Crippen LogP contribution in [-0.2, 0) is 6.54 Å². The number of nitrogens with one attached hydrogen (secondary N) is 1. The Kier molecular flexibility index (Phi) is 5.54. The minimum absolute atomic E-state index is 0.105. The number of carboxylic acid groups (broad SMARTS) is 1. The number of carboxylic acids is 1. The van der Waals surface area contributed by atoms with Gasteiger partial charge in [0.05, 0.1) is 18.7 Å². The van der Waals surface area contributed by atoms with Crippen LogP contribution in [-0.4, -0.2) is 40.3 Å². The molecule has 1 aromatic rings. The molecule has 5 nitrogen and oxygen atoms in total. The molecular formula is C11H17NO4S. The second-order valence-electron chi connectivity index (χ2n) is 3.73. The van der Waals surface area contributed by atoms with Crippen molar-refractivity contribution < 1.29 is 19.4 Å². The van der Waals surface area contributed by atoms with E-state index < -0.39 is 5.97 Å². The molecule has 3 N–H and O–H groups in total. The minimum atomic E-state index is -0.995. The lowest BCUT2D eigenvalue weighted by Crippen LogP contribution is -2.36. The predicted molar refractivity (Wildman–Crippen MR) is 66.4 cm³/mol. The van der Waals surface area contributed by atoms with Crippen molar-refractivity contribution in [1.29, 1.82) is 0 Å². The third kappa shape index (κ3) is 4.07. The van der Waals surface area contributed by atoms with Crippen molar-refractivity contribution in [2.24, 2.45) is 0 Å². The molecule has 0 saturated carbocycles. The predicted octanol–water partition coefficient (Wildman–Crippen LogP) is 1.18. The number of hydrogen-bond donors (Lipinski definition) is 3. The van der Waals surface area contributed by atoms with Crippen LogP contribution in [0.5, 0.6) is 0 Å². The highest BCUT2D eigenvalue weighted by Gasteiger charge is 2.15. The summed E-state index contributed by atoms with van der Waals surface area (Å²) in [6.07, 6.45) is 3.16. The lowest BCUT2D eigenvalue weighted by Gasteiger charge is -2.20. The van der Waals surface area contributed by atoms with Gasteiger partial charge in [-0.05, 0) is 19.2 Å². The van der Waals surface area contributed by atoms with E-state index in [0.717, 1.165) is 0 Å². The fourth-order valence-electron chi connectivity index (χ4n) is 1.42. The summed E-state index contributed by atoms with van der Waals surface area (Å²) in [5.41, 5.74) is 0.151. The summed E-state index contributed by atoms with van der Waals surface area (Å²) in [6, 6.07) is 1.61. The summed E-state index contributed by atoms with van der Waals surface area (Å²) < 4.78 is 5.11. The first kappa shape index (κ1) is 14.1. The Morgan fingerprint density at radius 1 is 1.65 bits per heavy atom. The number of thioether (sulfide) groups is 1. The molecule has 0 aliphatic carbocycles. The van der Waals surface area contributed by atoms with Crippen molar-refractivity contribution in [3.63, 3.8) is 0 Å². The largest absolute Gasteiger partial charge is 0.478 e. The molecule has 0 spiro atoms. The fourth-order valence-corrected chi connectivity index (χ4v) is 2.07. The molecule has 0 aliphatic heterocycles. The molecule has 6 heteroatoms. The van der Waals surface area contributed by atoms with E-state index in [1.54, 1.807) is 11.8 Å². The molecule has 0 saturated heterocycles. The first-order valence-electron chi connectivity index (χ1n) is 5.26. The number of aliphatic hydroxyl groups is 1. The van der Waals surface area contributed by atoms with Gasteiger partial charge in [-0.2, -0.15) is 11.8 Å². The van der Waals surface area contributed by atoms with Crippen molar-refractivity contribution >= 4 is 17.7 Å². The Morgan fingerprint density at radius 2 is 2.35 bits per heavy atom. The highest BCUT2D eigenvalue weighted by atomic mass is 32.2. The number of aliphatic hydroxyl groups excluding tert-OH is 1. The molecule has 0 aromatic carbocycles. The van der Waals surface area contributed by atoms with Crippen LogP contribution < -0.4 is 5.32 Å². The van der Waals surface area contributed by atoms with Gasteiger partial charge < -0.3 is 19.9 Å². The topological polar surface area (TPSA) is 82.7 Å². The molecular weight excluding hydrogens is 242 g/mol. The summed E-state index contributed by atoms with van der Waals surface area (Å²) in [5, 5.41) is 21.1. The number of hydrogen-bond acceptors (Lipinski definition) is 5. The second kappa shape index (κ2) is 6.68. The number of furan rings is 1. The average Bonchev–Trinajstić information content (AvgIpc) is 2.76. The summed E-state index contributed by atoms with van der Waals surface area (Å²) in [4.78, 5) is 10.6. The zero-order valence-electron chi connectivity index (χ0n) is 9.84. The fraction of sp³-hybridized carbons (Fsp3) is 0.545. The zero-order valence-corrected chi connectivity index (χ0v) is 10.7. The molecule has 0 amide bonds. The maximum atomic E-state index is 10.6. The summed E-state index contributed by atoms with van der Waals surface area (Å²) in [7, 11) is 0. The third-order valence-electron chi connectivity index (χ3n) is 2.54. The molecule has 96 valence electrons. The second-order valence-corrected chi connectivity index (χ2v) is 4.81. The third-order valence-corrected chi connectivity index (χ3v) is 3.70. The van der Waals surface area contributed by atoms with Crippen LogP contribution in [0, 0.1) is 0 Å². The van der Waals surface area contributed by atoms with Crippen molar-refractivity contribution in [1.82, 2.24) is 5.32 Å². The lowest BCUT2D eigenvalue weighted by molar-refractivity contribution is 0.0696. The van der Waals surface area contributed by atoms with Gasteiger partial charge in [-0.25, -0.2) is 4.79 Å². The molecule has 0 fully saturated rings. The molecule has 1 aromatic heterocycles. The zero-order chi connectivity index (χ0) is 12.8. The SMILES string of the molecule is CSC(CO)C(C)NCc1cc(C(=O)O)co1. The monoisotopic (exact) mass is 259 g/mol. The van der Waals surface area contributed by atoms with Gasteiger partial charge in [-0.1, -0.05) is 0 Å². The van der Waals surface area contributed by atoms with Crippen LogP contribution in [0.3, 0.4) is 0 Å². The molecule has 0 bridgehead atoms. The van der Waals surface area contributed by atoms with Crippen molar-refractivity contribution in [3.05, 3.63) is 23.7 Å². The molecule has 2 unspecified atom stereocenters. The van der Waals surface area contributed by atoms with Crippen molar-refractivity contribution in [3.8, 4) is 0 Å². The Morgan fingerprint density at radius 3 is 2.82 bits per heavy atom. The Bertz CT molecular complexity index is 362. The van der Waals surface area contributed by atoms with Gasteiger partial charge in [0.15, 0.2) is 0 Å². The lowest BCUT2D eigenvalue weighted by atomic mass is 10.2. The van der Waals surface area contributed by atoms with E-state index in [1.165, 1.54) is 12.3 Å². The van der Waals surface area contributed by atoms with Gasteiger partial charge in [-0.15, -0.1) is 0 Å². The van der Waals surface area contributed by atoms with Gasteiger partial charge in [0.1, 0.15) is 12.0 Å². The van der Waals surface area contributed by atoms with Crippen molar-refractivity contribution in [2.45, 2.75) is 24.8 Å². The summed E-state index contributed by atoms with van der Waals surface area (Å²) in [6.45, 7) is 2.53. The van der Waals surface area contributed by atoms with E-state index in [2.05, 4.69) is 5.32 Å². The van der Waals surface area contributed by atoms with Crippen LogP contribution in [0.25, 0.3) is 0 Å². The van der Waals surface area contributed by atoms with E-state index in [9.17, 15) is 4.79 Å². The van der Waals surface area contributed by atoms with Crippen molar-refractivity contribution in [2.75, 3.05) is 12.9 Å². The molecule has 1 heterocycles. The maximum absolute atomic E-state index is 10.6. The van der Waals surface area contributed by atoms with Crippen LogP contribution in [0.4, 0.5) is 0 Å². The molecule has 0 radical (unpaired) electrons. The first-order chi connectivity index (χ1) is 8.08. The quantitative estimate of drug-likeness (QED) is 0.682. The van der Waals surface area contributed by atoms with E-state index in [4.69, 9.17) is 14.6 Å². The van der Waals surface area contributed by atoms with Gasteiger partial charge in [0.25, 0.3) is 0 Å². The smallest absolute Gasteiger partial charge is 0.338 e. The Hall–Kier alpha value is -0.980. The molecule has 0 aliphatic rings. The maximum Gasteiger partial charge on any atom is 0.338 e. The molecule has 2 atom stereocenters. The molecule has 1 rings (SSSR count). The molecule has 17 heavy (non-hydrogen) atoms. The average molecular weight is 259 g/mol. The van der Waals surface area contributed by atoms with E-state index >= 15 is 0 Å². The van der Waals surface area contributed by atoms with E-state index in [0.29, 0.717) is 12.3 Å². The van der Waals surface area contributed by atoms with Gasteiger partial charge in [0, 0.05) is 11.3 Å². The Labute approximate surface area is 104 Å². The highest BCUT2D eigenvalue weighted by molar-refractivity contribution is 7.99. The van der Waals surface area contributed by atoms with Gasteiger partial charge in [0.2, 0.25) is 0 Å². The summed E-state index contributed by atoms with van der Waals surface area (Å²) in [5.74, 6) is -0.419. The highest BCUT2D eigenvalue weighted by Crippen LogP contribution is 2.12. The van der Waals surface area contributed by atoms with Crippen LogP contribution in [0.2, 0.25) is 0 Å².